The second kappa shape index (κ2) is 5.46. The summed E-state index contributed by atoms with van der Waals surface area (Å²) in [5, 5.41) is 2.76. The largest absolute Gasteiger partial charge is 0.375 e. The Morgan fingerprint density at radius 3 is 2.35 bits per heavy atom. The molecule has 2 aromatic rings. The van der Waals surface area contributed by atoms with Crippen molar-refractivity contribution in [1.29, 1.82) is 0 Å². The van der Waals surface area contributed by atoms with Gasteiger partial charge in [0.05, 0.1) is 3.79 Å². The molecule has 6 heteroatoms. The van der Waals surface area contributed by atoms with Gasteiger partial charge in [0, 0.05) is 15.9 Å². The number of nitrogens with one attached hydrogen (secondary N) is 1. The average Bonchev–Trinajstić information content (AvgIpc) is 2.58. The predicted molar refractivity (Wildman–Crippen MR) is 73.4 cm³/mol. The summed E-state index contributed by atoms with van der Waals surface area (Å²) in [5.74, 6) is -1.17. The summed E-state index contributed by atoms with van der Waals surface area (Å²) in [6.07, 6.45) is 0. The van der Waals surface area contributed by atoms with E-state index in [2.05, 4.69) is 37.2 Å². The molecule has 0 saturated carbocycles. The van der Waals surface area contributed by atoms with E-state index < -0.39 is 11.6 Å². The molecule has 0 unspecified atom stereocenters. The first-order valence-corrected chi connectivity index (χ1v) is 7.10. The second-order valence-corrected chi connectivity index (χ2v) is 6.59. The van der Waals surface area contributed by atoms with Crippen molar-refractivity contribution in [2.45, 2.75) is 6.54 Å². The van der Waals surface area contributed by atoms with Gasteiger partial charge in [-0.05, 0) is 50.1 Å². The topological polar surface area (TPSA) is 12.0 Å². The number of thiophene rings is 1. The van der Waals surface area contributed by atoms with E-state index in [-0.39, 0.29) is 5.69 Å². The van der Waals surface area contributed by atoms with Crippen LogP contribution in [-0.2, 0) is 6.54 Å². The average molecular weight is 383 g/mol. The lowest BCUT2D eigenvalue weighted by Crippen LogP contribution is -2.02. The maximum absolute atomic E-state index is 13.3. The first-order chi connectivity index (χ1) is 8.08. The SMILES string of the molecule is Fc1cccc(F)c1NCc1cc(Br)c(Br)s1. The van der Waals surface area contributed by atoms with Crippen LogP contribution in [-0.4, -0.2) is 0 Å². The maximum Gasteiger partial charge on any atom is 0.149 e. The molecule has 0 aliphatic carbocycles. The summed E-state index contributed by atoms with van der Waals surface area (Å²) in [7, 11) is 0. The molecular weight excluding hydrogens is 376 g/mol. The number of halogens is 4. The van der Waals surface area contributed by atoms with Crippen molar-refractivity contribution in [3.63, 3.8) is 0 Å². The lowest BCUT2D eigenvalue weighted by atomic mass is 10.3. The van der Waals surface area contributed by atoms with E-state index in [1.807, 2.05) is 6.07 Å². The molecule has 0 bridgehead atoms. The summed E-state index contributed by atoms with van der Waals surface area (Å²) < 4.78 is 28.5. The van der Waals surface area contributed by atoms with Crippen LogP contribution in [0, 0.1) is 11.6 Å². The molecule has 2 rings (SSSR count). The highest BCUT2D eigenvalue weighted by atomic mass is 79.9. The first kappa shape index (κ1) is 13.0. The van der Waals surface area contributed by atoms with Gasteiger partial charge in [0.25, 0.3) is 0 Å². The molecule has 1 nitrogen and oxygen atoms in total. The van der Waals surface area contributed by atoms with Crippen LogP contribution in [0.25, 0.3) is 0 Å². The highest BCUT2D eigenvalue weighted by Crippen LogP contribution is 2.33. The van der Waals surface area contributed by atoms with Crippen molar-refractivity contribution in [3.05, 3.63) is 49.0 Å². The van der Waals surface area contributed by atoms with Crippen LogP contribution in [0.5, 0.6) is 0 Å². The molecular formula is C11H7Br2F2NS. The second-order valence-electron chi connectivity index (χ2n) is 3.28. The Morgan fingerprint density at radius 2 is 1.82 bits per heavy atom. The minimum Gasteiger partial charge on any atom is -0.375 e. The Labute approximate surface area is 118 Å². The normalized spacial score (nSPS) is 10.6. The number of rotatable bonds is 3. The van der Waals surface area contributed by atoms with E-state index in [1.54, 1.807) is 0 Å². The molecule has 0 aliphatic heterocycles. The summed E-state index contributed by atoms with van der Waals surface area (Å²) in [4.78, 5) is 0.978. The highest BCUT2D eigenvalue weighted by molar-refractivity contribution is 9.13. The summed E-state index contributed by atoms with van der Waals surface area (Å²) in [6.45, 7) is 0.382. The zero-order valence-corrected chi connectivity index (χ0v) is 12.4. The van der Waals surface area contributed by atoms with Gasteiger partial charge in [-0.2, -0.15) is 0 Å². The van der Waals surface area contributed by atoms with Gasteiger partial charge in [-0.3, -0.25) is 0 Å². The fourth-order valence-electron chi connectivity index (χ4n) is 1.32. The Hall–Kier alpha value is -0.460. The maximum atomic E-state index is 13.3. The molecule has 0 atom stereocenters. The Kier molecular flexibility index (Phi) is 4.17. The first-order valence-electron chi connectivity index (χ1n) is 4.69. The van der Waals surface area contributed by atoms with Crippen molar-refractivity contribution in [3.8, 4) is 0 Å². The lowest BCUT2D eigenvalue weighted by molar-refractivity contribution is 0.588. The minimum atomic E-state index is -0.584. The fraction of sp³-hybridized carbons (Fsp3) is 0.0909. The fourth-order valence-corrected chi connectivity index (χ4v) is 3.44. The van der Waals surface area contributed by atoms with Crippen LogP contribution in [0.3, 0.4) is 0 Å². The summed E-state index contributed by atoms with van der Waals surface area (Å²) in [6, 6.07) is 5.70. The molecule has 0 amide bonds. The predicted octanol–water partition coefficient (Wildman–Crippen LogP) is 5.16. The molecule has 1 aromatic heterocycles. The van der Waals surface area contributed by atoms with Gasteiger partial charge in [0.1, 0.15) is 17.3 Å². The van der Waals surface area contributed by atoms with Crippen LogP contribution in [0.15, 0.2) is 32.5 Å². The molecule has 90 valence electrons. The zero-order valence-electron chi connectivity index (χ0n) is 8.44. The molecule has 0 radical (unpaired) electrons. The van der Waals surface area contributed by atoms with Crippen molar-refractivity contribution in [2.75, 3.05) is 5.32 Å². The van der Waals surface area contributed by atoms with Gasteiger partial charge in [0.2, 0.25) is 0 Å². The van der Waals surface area contributed by atoms with E-state index >= 15 is 0 Å². The number of hydrogen-bond acceptors (Lipinski definition) is 2. The van der Waals surface area contributed by atoms with Gasteiger partial charge in [-0.1, -0.05) is 6.07 Å². The Balaban J connectivity index is 2.12. The number of hydrogen-bond donors (Lipinski definition) is 1. The van der Waals surface area contributed by atoms with Crippen LogP contribution < -0.4 is 5.32 Å². The zero-order chi connectivity index (χ0) is 12.4. The molecule has 0 aliphatic rings. The molecule has 1 heterocycles. The molecule has 0 fully saturated rings. The van der Waals surface area contributed by atoms with Crippen molar-refractivity contribution < 1.29 is 8.78 Å². The number of benzene rings is 1. The number of anilines is 1. The van der Waals surface area contributed by atoms with E-state index in [0.29, 0.717) is 6.54 Å². The molecule has 17 heavy (non-hydrogen) atoms. The monoisotopic (exact) mass is 381 g/mol. The number of para-hydroxylation sites is 1. The third-order valence-corrected chi connectivity index (χ3v) is 5.35. The van der Waals surface area contributed by atoms with Gasteiger partial charge < -0.3 is 5.32 Å². The molecule has 0 saturated heterocycles. The third-order valence-electron chi connectivity index (χ3n) is 2.10. The Bertz CT molecular complexity index is 503. The smallest absolute Gasteiger partial charge is 0.149 e. The van der Waals surface area contributed by atoms with Crippen LogP contribution >= 0.6 is 43.2 Å². The van der Waals surface area contributed by atoms with E-state index in [9.17, 15) is 8.78 Å². The molecule has 1 N–H and O–H groups in total. The van der Waals surface area contributed by atoms with Crippen LogP contribution in [0.1, 0.15) is 4.88 Å². The van der Waals surface area contributed by atoms with Crippen LogP contribution in [0.2, 0.25) is 0 Å². The van der Waals surface area contributed by atoms with Gasteiger partial charge >= 0.3 is 0 Å². The minimum absolute atomic E-state index is 0.0897. The quantitative estimate of drug-likeness (QED) is 0.772. The molecule has 1 aromatic carbocycles. The van der Waals surface area contributed by atoms with Gasteiger partial charge in [-0.15, -0.1) is 11.3 Å². The summed E-state index contributed by atoms with van der Waals surface area (Å²) >= 11 is 8.23. The van der Waals surface area contributed by atoms with Crippen molar-refractivity contribution in [2.24, 2.45) is 0 Å². The Morgan fingerprint density at radius 1 is 1.18 bits per heavy atom. The van der Waals surface area contributed by atoms with Gasteiger partial charge in [0.15, 0.2) is 0 Å². The van der Waals surface area contributed by atoms with Crippen LogP contribution in [0.4, 0.5) is 14.5 Å². The highest BCUT2D eigenvalue weighted by Gasteiger charge is 2.09. The lowest BCUT2D eigenvalue weighted by Gasteiger charge is -2.06. The van der Waals surface area contributed by atoms with Crippen molar-refractivity contribution >= 4 is 48.9 Å². The van der Waals surface area contributed by atoms with E-state index in [1.165, 1.54) is 29.5 Å². The summed E-state index contributed by atoms with van der Waals surface area (Å²) in [5.41, 5.74) is -0.0897. The van der Waals surface area contributed by atoms with E-state index in [0.717, 1.165) is 13.1 Å². The van der Waals surface area contributed by atoms with E-state index in [4.69, 9.17) is 0 Å². The molecule has 0 spiro atoms. The van der Waals surface area contributed by atoms with Gasteiger partial charge in [-0.25, -0.2) is 8.78 Å². The third kappa shape index (κ3) is 3.05. The standard InChI is InChI=1S/C11H7Br2F2NS/c12-7-4-6(17-11(7)13)5-16-10-8(14)2-1-3-9(10)15/h1-4,16H,5H2. The van der Waals surface area contributed by atoms with Crippen molar-refractivity contribution in [1.82, 2.24) is 0 Å².